The van der Waals surface area contributed by atoms with Crippen molar-refractivity contribution in [1.29, 1.82) is 0 Å². The van der Waals surface area contributed by atoms with Gasteiger partial charge in [-0.1, -0.05) is 87.8 Å². The highest BCUT2D eigenvalue weighted by Crippen LogP contribution is 2.38. The number of benzene rings is 3. The Labute approximate surface area is 184 Å². The zero-order valence-electron chi connectivity index (χ0n) is 18.7. The Kier molecular flexibility index (Phi) is 5.96. The number of hydrogen-bond acceptors (Lipinski definition) is 1. The number of hydrogen-bond donors (Lipinski definition) is 0. The second-order valence-electron chi connectivity index (χ2n) is 9.86. The molecule has 0 saturated heterocycles. The van der Waals surface area contributed by atoms with Gasteiger partial charge in [0.2, 0.25) is 0 Å². The molecular formula is C27H32BrN. The molecule has 3 aromatic rings. The van der Waals surface area contributed by atoms with E-state index in [2.05, 4.69) is 136 Å². The SMILES string of the molecule is Cc1ccc(N(c2ccc(C(C)(C)C)cc2)c2ccc(C(C)(C)C)cc2)cc1Br. The van der Waals surface area contributed by atoms with Crippen LogP contribution in [0.2, 0.25) is 0 Å². The molecule has 0 aliphatic heterocycles. The van der Waals surface area contributed by atoms with Gasteiger partial charge in [-0.05, 0) is 70.8 Å². The Hall–Kier alpha value is -2.06. The summed E-state index contributed by atoms with van der Waals surface area (Å²) in [6, 6.07) is 24.4. The molecule has 0 radical (unpaired) electrons. The van der Waals surface area contributed by atoms with E-state index in [4.69, 9.17) is 0 Å². The van der Waals surface area contributed by atoms with Crippen LogP contribution in [0.3, 0.4) is 0 Å². The summed E-state index contributed by atoms with van der Waals surface area (Å²) in [5.41, 5.74) is 7.68. The summed E-state index contributed by atoms with van der Waals surface area (Å²) < 4.78 is 1.12. The van der Waals surface area contributed by atoms with Crippen LogP contribution in [-0.2, 0) is 10.8 Å². The third-order valence-electron chi connectivity index (χ3n) is 5.40. The van der Waals surface area contributed by atoms with Crippen molar-refractivity contribution < 1.29 is 0 Å². The smallest absolute Gasteiger partial charge is 0.0473 e. The van der Waals surface area contributed by atoms with Crippen LogP contribution in [0, 0.1) is 6.92 Å². The number of aryl methyl sites for hydroxylation is 1. The fourth-order valence-electron chi connectivity index (χ4n) is 3.39. The monoisotopic (exact) mass is 449 g/mol. The highest BCUT2D eigenvalue weighted by Gasteiger charge is 2.18. The van der Waals surface area contributed by atoms with Crippen molar-refractivity contribution in [2.45, 2.75) is 59.3 Å². The summed E-state index contributed by atoms with van der Waals surface area (Å²) in [5, 5.41) is 0. The van der Waals surface area contributed by atoms with Crippen molar-refractivity contribution in [2.24, 2.45) is 0 Å². The van der Waals surface area contributed by atoms with E-state index in [9.17, 15) is 0 Å². The summed E-state index contributed by atoms with van der Waals surface area (Å²) in [6.45, 7) is 15.6. The average molecular weight is 450 g/mol. The first-order chi connectivity index (χ1) is 13.5. The van der Waals surface area contributed by atoms with Gasteiger partial charge in [-0.2, -0.15) is 0 Å². The van der Waals surface area contributed by atoms with Crippen LogP contribution in [0.25, 0.3) is 0 Å². The molecule has 0 N–H and O–H groups in total. The molecule has 0 atom stereocenters. The van der Waals surface area contributed by atoms with Crippen molar-refractivity contribution >= 4 is 33.0 Å². The zero-order chi connectivity index (χ0) is 21.4. The quantitative estimate of drug-likeness (QED) is 0.385. The molecule has 0 spiro atoms. The van der Waals surface area contributed by atoms with E-state index in [1.807, 2.05) is 0 Å². The Morgan fingerprint density at radius 1 is 0.586 bits per heavy atom. The lowest BCUT2D eigenvalue weighted by Crippen LogP contribution is -2.14. The van der Waals surface area contributed by atoms with Gasteiger partial charge in [0.25, 0.3) is 0 Å². The lowest BCUT2D eigenvalue weighted by atomic mass is 9.86. The Morgan fingerprint density at radius 3 is 1.31 bits per heavy atom. The van der Waals surface area contributed by atoms with E-state index >= 15 is 0 Å². The molecule has 0 bridgehead atoms. The molecule has 0 heterocycles. The maximum absolute atomic E-state index is 3.71. The van der Waals surface area contributed by atoms with Crippen LogP contribution in [0.5, 0.6) is 0 Å². The van der Waals surface area contributed by atoms with Gasteiger partial charge >= 0.3 is 0 Å². The van der Waals surface area contributed by atoms with Crippen LogP contribution < -0.4 is 4.90 Å². The van der Waals surface area contributed by atoms with Crippen molar-refractivity contribution in [2.75, 3.05) is 4.90 Å². The van der Waals surface area contributed by atoms with E-state index in [0.717, 1.165) is 21.5 Å². The molecule has 152 valence electrons. The number of rotatable bonds is 3. The molecule has 1 nitrogen and oxygen atoms in total. The predicted molar refractivity (Wildman–Crippen MR) is 131 cm³/mol. The highest BCUT2D eigenvalue weighted by atomic mass is 79.9. The number of anilines is 3. The standard InChI is InChI=1S/C27H32BrN/c1-19-8-13-24(18-25(19)28)29(22-14-9-20(10-15-22)26(2,3)4)23-16-11-21(12-17-23)27(5,6)7/h8-18H,1-7H3. The van der Waals surface area contributed by atoms with Gasteiger partial charge in [-0.25, -0.2) is 0 Å². The normalized spacial score (nSPS) is 12.1. The molecule has 0 saturated carbocycles. The highest BCUT2D eigenvalue weighted by molar-refractivity contribution is 9.10. The van der Waals surface area contributed by atoms with Crippen LogP contribution in [0.4, 0.5) is 17.1 Å². The van der Waals surface area contributed by atoms with E-state index in [1.165, 1.54) is 16.7 Å². The Bertz CT molecular complexity index is 914. The molecule has 0 fully saturated rings. The molecule has 3 rings (SSSR count). The minimum Gasteiger partial charge on any atom is -0.310 e. The van der Waals surface area contributed by atoms with Gasteiger partial charge in [0.05, 0.1) is 0 Å². The van der Waals surface area contributed by atoms with Gasteiger partial charge < -0.3 is 4.90 Å². The largest absolute Gasteiger partial charge is 0.310 e. The third kappa shape index (κ3) is 4.93. The Balaban J connectivity index is 2.10. The first-order valence-electron chi connectivity index (χ1n) is 10.2. The third-order valence-corrected chi connectivity index (χ3v) is 6.25. The minimum atomic E-state index is 0.143. The molecule has 29 heavy (non-hydrogen) atoms. The fourth-order valence-corrected chi connectivity index (χ4v) is 3.76. The van der Waals surface area contributed by atoms with Gasteiger partial charge in [-0.3, -0.25) is 0 Å². The molecule has 0 aliphatic carbocycles. The van der Waals surface area contributed by atoms with Crippen LogP contribution in [0.15, 0.2) is 71.2 Å². The maximum Gasteiger partial charge on any atom is 0.0473 e. The maximum atomic E-state index is 3.71. The van der Waals surface area contributed by atoms with E-state index < -0.39 is 0 Å². The Morgan fingerprint density at radius 2 is 0.966 bits per heavy atom. The van der Waals surface area contributed by atoms with Crippen molar-refractivity contribution in [3.63, 3.8) is 0 Å². The summed E-state index contributed by atoms with van der Waals surface area (Å²) in [4.78, 5) is 2.32. The lowest BCUT2D eigenvalue weighted by Gasteiger charge is -2.28. The van der Waals surface area contributed by atoms with Crippen LogP contribution in [-0.4, -0.2) is 0 Å². The molecule has 3 aromatic carbocycles. The number of nitrogens with zero attached hydrogens (tertiary/aromatic N) is 1. The van der Waals surface area contributed by atoms with E-state index in [-0.39, 0.29) is 10.8 Å². The molecule has 0 aliphatic rings. The van der Waals surface area contributed by atoms with Gasteiger partial charge in [0.15, 0.2) is 0 Å². The lowest BCUT2D eigenvalue weighted by molar-refractivity contribution is 0.590. The minimum absolute atomic E-state index is 0.143. The number of halogens is 1. The molecule has 0 aromatic heterocycles. The first kappa shape index (κ1) is 21.6. The summed E-state index contributed by atoms with van der Waals surface area (Å²) >= 11 is 3.71. The zero-order valence-corrected chi connectivity index (χ0v) is 20.3. The van der Waals surface area contributed by atoms with Gasteiger partial charge in [-0.15, -0.1) is 0 Å². The summed E-state index contributed by atoms with van der Waals surface area (Å²) in [7, 11) is 0. The summed E-state index contributed by atoms with van der Waals surface area (Å²) in [5.74, 6) is 0. The molecular weight excluding hydrogens is 418 g/mol. The van der Waals surface area contributed by atoms with E-state index in [0.29, 0.717) is 0 Å². The van der Waals surface area contributed by atoms with E-state index in [1.54, 1.807) is 0 Å². The predicted octanol–water partition coefficient (Wildman–Crippen LogP) is 8.82. The first-order valence-corrected chi connectivity index (χ1v) is 11.0. The van der Waals surface area contributed by atoms with Gasteiger partial charge in [0, 0.05) is 21.5 Å². The fraction of sp³-hybridized carbons (Fsp3) is 0.333. The van der Waals surface area contributed by atoms with Crippen LogP contribution >= 0.6 is 15.9 Å². The second-order valence-corrected chi connectivity index (χ2v) is 10.7. The second kappa shape index (κ2) is 7.99. The topological polar surface area (TPSA) is 3.24 Å². The molecule has 2 heteroatoms. The van der Waals surface area contributed by atoms with Crippen molar-refractivity contribution in [1.82, 2.24) is 0 Å². The van der Waals surface area contributed by atoms with Crippen molar-refractivity contribution in [3.8, 4) is 0 Å². The van der Waals surface area contributed by atoms with Crippen LogP contribution in [0.1, 0.15) is 58.2 Å². The molecule has 0 amide bonds. The average Bonchev–Trinajstić information content (AvgIpc) is 2.64. The van der Waals surface area contributed by atoms with Gasteiger partial charge in [0.1, 0.15) is 0 Å². The summed E-state index contributed by atoms with van der Waals surface area (Å²) in [6.07, 6.45) is 0. The molecule has 0 unspecified atom stereocenters. The van der Waals surface area contributed by atoms with Crippen molar-refractivity contribution in [3.05, 3.63) is 87.9 Å².